The number of ether oxygens (including phenoxy) is 1. The van der Waals surface area contributed by atoms with Crippen LogP contribution >= 0.6 is 0 Å². The largest absolute Gasteiger partial charge is 0.480 e. The Morgan fingerprint density at radius 1 is 1.06 bits per heavy atom. The number of piperidine rings is 1. The molecule has 2 aromatic rings. The highest BCUT2D eigenvalue weighted by Crippen LogP contribution is 2.44. The van der Waals surface area contributed by atoms with Crippen LogP contribution in [0.5, 0.6) is 0 Å². The molecule has 2 N–H and O–H groups in total. The Labute approximate surface area is 206 Å². The number of carboxylic acids is 1. The number of nitrogens with one attached hydrogen (secondary N) is 1. The Morgan fingerprint density at radius 3 is 2.34 bits per heavy atom. The highest BCUT2D eigenvalue weighted by Gasteiger charge is 2.33. The Morgan fingerprint density at radius 2 is 1.71 bits per heavy atom. The van der Waals surface area contributed by atoms with Gasteiger partial charge in [0.05, 0.1) is 0 Å². The number of hydrogen-bond donors (Lipinski definition) is 2. The summed E-state index contributed by atoms with van der Waals surface area (Å²) in [5.74, 6) is -1.22. The summed E-state index contributed by atoms with van der Waals surface area (Å²) in [5, 5.41) is 12.4. The number of carbonyl (C=O) groups is 3. The van der Waals surface area contributed by atoms with Crippen LogP contribution in [0.1, 0.15) is 68.9 Å². The summed E-state index contributed by atoms with van der Waals surface area (Å²) >= 11 is 0. The van der Waals surface area contributed by atoms with E-state index in [2.05, 4.69) is 36.5 Å². The van der Waals surface area contributed by atoms with E-state index in [4.69, 9.17) is 4.74 Å². The average molecular weight is 479 g/mol. The number of hydrogen-bond acceptors (Lipinski definition) is 4. The number of likely N-dealkylation sites (tertiary alicyclic amines) is 1. The van der Waals surface area contributed by atoms with Crippen molar-refractivity contribution in [1.82, 2.24) is 10.2 Å². The Balaban J connectivity index is 1.38. The van der Waals surface area contributed by atoms with Gasteiger partial charge in [-0.15, -0.1) is 0 Å². The third kappa shape index (κ3) is 5.66. The molecule has 1 saturated heterocycles. The van der Waals surface area contributed by atoms with Gasteiger partial charge in [0, 0.05) is 24.9 Å². The fraction of sp³-hybridized carbons (Fsp3) is 0.464. The minimum Gasteiger partial charge on any atom is -0.480 e. The van der Waals surface area contributed by atoms with Crippen LogP contribution in [0, 0.1) is 0 Å². The van der Waals surface area contributed by atoms with Crippen LogP contribution in [-0.4, -0.2) is 53.2 Å². The number of unbranched alkanes of at least 4 members (excludes halogenated alkanes) is 1. The zero-order valence-corrected chi connectivity index (χ0v) is 20.2. The lowest BCUT2D eigenvalue weighted by molar-refractivity contribution is -0.152. The quantitative estimate of drug-likeness (QED) is 0.532. The minimum absolute atomic E-state index is 0.0338. The molecule has 1 aliphatic carbocycles. The monoisotopic (exact) mass is 478 g/mol. The number of rotatable bonds is 9. The summed E-state index contributed by atoms with van der Waals surface area (Å²) in [6, 6.07) is 15.2. The predicted molar refractivity (Wildman–Crippen MR) is 133 cm³/mol. The second kappa shape index (κ2) is 11.4. The summed E-state index contributed by atoms with van der Waals surface area (Å²) < 4.78 is 5.67. The van der Waals surface area contributed by atoms with E-state index in [-0.39, 0.29) is 24.9 Å². The lowest BCUT2D eigenvalue weighted by Gasteiger charge is -2.34. The van der Waals surface area contributed by atoms with Crippen LogP contribution in [0.25, 0.3) is 11.1 Å². The molecule has 0 aromatic heterocycles. The van der Waals surface area contributed by atoms with Gasteiger partial charge in [-0.3, -0.25) is 4.79 Å². The lowest BCUT2D eigenvalue weighted by atomic mass is 9.98. The second-order valence-electron chi connectivity index (χ2n) is 9.45. The van der Waals surface area contributed by atoms with Crippen LogP contribution < -0.4 is 5.32 Å². The topological polar surface area (TPSA) is 95.9 Å². The molecule has 1 aliphatic heterocycles. The second-order valence-corrected chi connectivity index (χ2v) is 9.45. The van der Waals surface area contributed by atoms with Crippen molar-refractivity contribution in [3.8, 4) is 11.1 Å². The fourth-order valence-corrected chi connectivity index (χ4v) is 5.30. The molecule has 7 nitrogen and oxygen atoms in total. The van der Waals surface area contributed by atoms with E-state index in [9.17, 15) is 19.5 Å². The van der Waals surface area contributed by atoms with Gasteiger partial charge in [-0.2, -0.15) is 0 Å². The number of aliphatic carboxylic acids is 1. The summed E-state index contributed by atoms with van der Waals surface area (Å²) in [5.41, 5.74) is 4.61. The molecule has 0 unspecified atom stereocenters. The molecule has 0 saturated carbocycles. The molecule has 7 heteroatoms. The van der Waals surface area contributed by atoms with E-state index in [1.165, 1.54) is 4.90 Å². The van der Waals surface area contributed by atoms with E-state index >= 15 is 0 Å². The van der Waals surface area contributed by atoms with Gasteiger partial charge in [0.2, 0.25) is 5.91 Å². The molecular weight excluding hydrogens is 444 g/mol. The Hall–Kier alpha value is -3.35. The van der Waals surface area contributed by atoms with Gasteiger partial charge in [-0.05, 0) is 47.9 Å². The molecule has 0 radical (unpaired) electrons. The number of carbonyl (C=O) groups excluding carboxylic acids is 2. The van der Waals surface area contributed by atoms with Crippen molar-refractivity contribution in [2.24, 2.45) is 0 Å². The molecule has 0 bridgehead atoms. The summed E-state index contributed by atoms with van der Waals surface area (Å²) in [6.07, 6.45) is 4.02. The van der Waals surface area contributed by atoms with Crippen molar-refractivity contribution >= 4 is 18.0 Å². The van der Waals surface area contributed by atoms with Gasteiger partial charge < -0.3 is 20.1 Å². The van der Waals surface area contributed by atoms with Gasteiger partial charge >= 0.3 is 12.1 Å². The highest BCUT2D eigenvalue weighted by atomic mass is 16.5. The van der Waals surface area contributed by atoms with E-state index in [1.54, 1.807) is 0 Å². The average Bonchev–Trinajstić information content (AvgIpc) is 3.19. The molecule has 2 atom stereocenters. The number of alkyl carbamates (subject to hydrolysis) is 1. The first-order chi connectivity index (χ1) is 17.0. The Kier molecular flexibility index (Phi) is 8.06. The Bertz CT molecular complexity index is 1020. The third-order valence-corrected chi connectivity index (χ3v) is 7.10. The summed E-state index contributed by atoms with van der Waals surface area (Å²) in [7, 11) is 0. The van der Waals surface area contributed by atoms with E-state index < -0.39 is 24.1 Å². The number of nitrogens with zero attached hydrogens (tertiary/aromatic N) is 1. The normalized spacial score (nSPS) is 17.9. The van der Waals surface area contributed by atoms with Crippen molar-refractivity contribution in [2.45, 2.75) is 69.9 Å². The van der Waals surface area contributed by atoms with Gasteiger partial charge in [-0.25, -0.2) is 9.59 Å². The molecule has 186 valence electrons. The third-order valence-electron chi connectivity index (χ3n) is 7.10. The fourth-order valence-electron chi connectivity index (χ4n) is 5.30. The first-order valence-corrected chi connectivity index (χ1v) is 12.6. The standard InChI is InChI=1S/C28H34N2O5/c1-2-3-10-19(17-26(31)30-16-9-8-15-25(30)27(32)33)29-28(34)35-18-24-22-13-6-4-11-20(22)21-12-5-7-14-23(21)24/h4-7,11-14,19,24-25H,2-3,8-10,15-18H2,1H3,(H,29,34)(H,32,33)/t19-,25-/m0/s1. The molecule has 2 aromatic carbocycles. The van der Waals surface area contributed by atoms with Gasteiger partial charge in [0.25, 0.3) is 0 Å². The number of fused-ring (bicyclic) bond motifs is 3. The maximum Gasteiger partial charge on any atom is 0.407 e. The smallest absolute Gasteiger partial charge is 0.407 e. The maximum absolute atomic E-state index is 13.0. The highest BCUT2D eigenvalue weighted by molar-refractivity contribution is 5.84. The van der Waals surface area contributed by atoms with E-state index in [0.29, 0.717) is 19.4 Å². The van der Waals surface area contributed by atoms with Crippen LogP contribution in [0.15, 0.2) is 48.5 Å². The first kappa shape index (κ1) is 24.8. The number of carboxylic acid groups (broad SMARTS) is 1. The van der Waals surface area contributed by atoms with Gasteiger partial charge in [-0.1, -0.05) is 68.3 Å². The molecule has 0 spiro atoms. The van der Waals surface area contributed by atoms with Crippen LogP contribution in [-0.2, 0) is 14.3 Å². The number of benzene rings is 2. The zero-order chi connectivity index (χ0) is 24.8. The van der Waals surface area contributed by atoms with Crippen LogP contribution in [0.3, 0.4) is 0 Å². The van der Waals surface area contributed by atoms with Crippen molar-refractivity contribution in [3.63, 3.8) is 0 Å². The van der Waals surface area contributed by atoms with Crippen molar-refractivity contribution in [3.05, 3.63) is 59.7 Å². The van der Waals surface area contributed by atoms with Crippen molar-refractivity contribution < 1.29 is 24.2 Å². The van der Waals surface area contributed by atoms with Gasteiger partial charge in [0.1, 0.15) is 12.6 Å². The lowest BCUT2D eigenvalue weighted by Crippen LogP contribution is -2.50. The SMILES string of the molecule is CCCC[C@@H](CC(=O)N1CCCC[C@H]1C(=O)O)NC(=O)OCC1c2ccccc2-c2ccccc21. The van der Waals surface area contributed by atoms with Crippen molar-refractivity contribution in [1.29, 1.82) is 0 Å². The first-order valence-electron chi connectivity index (χ1n) is 12.6. The minimum atomic E-state index is -0.965. The van der Waals surface area contributed by atoms with Crippen LogP contribution in [0.4, 0.5) is 4.79 Å². The van der Waals surface area contributed by atoms with E-state index in [0.717, 1.165) is 47.9 Å². The molecular formula is C28H34N2O5. The maximum atomic E-state index is 13.0. The summed E-state index contributed by atoms with van der Waals surface area (Å²) in [6.45, 7) is 2.71. The molecule has 2 amide bonds. The van der Waals surface area contributed by atoms with Crippen molar-refractivity contribution in [2.75, 3.05) is 13.2 Å². The molecule has 4 rings (SSSR count). The van der Waals surface area contributed by atoms with Gasteiger partial charge in [0.15, 0.2) is 0 Å². The molecule has 2 aliphatic rings. The molecule has 1 heterocycles. The van der Waals surface area contributed by atoms with Crippen LogP contribution in [0.2, 0.25) is 0 Å². The summed E-state index contributed by atoms with van der Waals surface area (Å²) in [4.78, 5) is 38.8. The molecule has 1 fully saturated rings. The number of amides is 2. The predicted octanol–water partition coefficient (Wildman–Crippen LogP) is 4.94. The molecule has 35 heavy (non-hydrogen) atoms. The zero-order valence-electron chi connectivity index (χ0n) is 20.2. The van der Waals surface area contributed by atoms with E-state index in [1.807, 2.05) is 24.3 Å².